The molecule has 4 aromatic rings. The van der Waals surface area contributed by atoms with Crippen LogP contribution in [0.4, 0.5) is 23.7 Å². The highest BCUT2D eigenvalue weighted by atomic mass is 19.4. The van der Waals surface area contributed by atoms with Crippen molar-refractivity contribution < 1.29 is 27.9 Å². The normalized spacial score (nSPS) is 14.2. The smallest absolute Gasteiger partial charge is 0.418 e. The molecule has 1 saturated heterocycles. The maximum atomic E-state index is 13.3. The zero-order valence-electron chi connectivity index (χ0n) is 19.4. The fourth-order valence-electron chi connectivity index (χ4n) is 4.45. The zero-order chi connectivity index (χ0) is 26.2. The van der Waals surface area contributed by atoms with Gasteiger partial charge >= 0.3 is 18.2 Å². The molecule has 0 bridgehead atoms. The molecule has 1 aliphatic heterocycles. The number of benzene rings is 1. The first kappa shape index (κ1) is 24.4. The summed E-state index contributed by atoms with van der Waals surface area (Å²) in [5.74, 6) is -1.38. The second-order valence-corrected chi connectivity index (χ2v) is 8.71. The van der Waals surface area contributed by atoms with E-state index in [0.717, 1.165) is 66.7 Å². The molecule has 4 heterocycles. The van der Waals surface area contributed by atoms with E-state index in [1.807, 2.05) is 6.07 Å². The Hall–Kier alpha value is -4.32. The monoisotopic (exact) mass is 510 g/mol. The van der Waals surface area contributed by atoms with Gasteiger partial charge in [-0.25, -0.2) is 9.59 Å². The van der Waals surface area contributed by atoms with Crippen molar-refractivity contribution in [3.63, 3.8) is 0 Å². The standard InChI is InChI=1S/C25H21F3N6O3/c26-25(27,28)19-5-6-29-13-20(19)31-24(37)34-21-4-3-16(10-18(21)22(32-34)23(35)36)17-9-15(11-30-12-17)14-33-7-1-2-8-33/h3-6,9-13H,1-2,7-8,14H2,(H,31,37)(H,35,36). The number of nitrogens with one attached hydrogen (secondary N) is 1. The van der Waals surface area contributed by atoms with E-state index in [1.165, 1.54) is 6.07 Å². The topological polar surface area (TPSA) is 113 Å². The van der Waals surface area contributed by atoms with Crippen molar-refractivity contribution in [1.29, 1.82) is 0 Å². The maximum Gasteiger partial charge on any atom is 0.418 e. The summed E-state index contributed by atoms with van der Waals surface area (Å²) in [6, 6.07) is 6.42. The molecule has 37 heavy (non-hydrogen) atoms. The number of nitrogens with zero attached hydrogens (tertiary/aromatic N) is 5. The van der Waals surface area contributed by atoms with Gasteiger partial charge in [0, 0.05) is 36.1 Å². The van der Waals surface area contributed by atoms with Crippen LogP contribution in [0.25, 0.3) is 22.0 Å². The summed E-state index contributed by atoms with van der Waals surface area (Å²) in [6.45, 7) is 2.82. The molecule has 0 unspecified atom stereocenters. The van der Waals surface area contributed by atoms with Gasteiger partial charge in [-0.2, -0.15) is 23.0 Å². The molecule has 0 aliphatic carbocycles. The van der Waals surface area contributed by atoms with Gasteiger partial charge in [0.1, 0.15) is 0 Å². The molecular weight excluding hydrogens is 489 g/mol. The highest BCUT2D eigenvalue weighted by Gasteiger charge is 2.34. The number of rotatable bonds is 5. The Morgan fingerprint density at radius 2 is 1.78 bits per heavy atom. The molecule has 12 heteroatoms. The third-order valence-electron chi connectivity index (χ3n) is 6.18. The molecular formula is C25H21F3N6O3. The molecule has 0 saturated carbocycles. The number of halogens is 3. The largest absolute Gasteiger partial charge is 0.476 e. The Bertz CT molecular complexity index is 1490. The maximum absolute atomic E-state index is 13.3. The van der Waals surface area contributed by atoms with Gasteiger partial charge in [-0.1, -0.05) is 6.07 Å². The average Bonchev–Trinajstić information content (AvgIpc) is 3.51. The average molecular weight is 510 g/mol. The van der Waals surface area contributed by atoms with Crippen molar-refractivity contribution in [2.75, 3.05) is 18.4 Å². The van der Waals surface area contributed by atoms with E-state index in [9.17, 15) is 27.9 Å². The van der Waals surface area contributed by atoms with Crippen molar-refractivity contribution in [3.05, 3.63) is 71.9 Å². The Morgan fingerprint density at radius 1 is 1.00 bits per heavy atom. The summed E-state index contributed by atoms with van der Waals surface area (Å²) in [4.78, 5) is 35.1. The Labute approximate surface area is 208 Å². The van der Waals surface area contributed by atoms with E-state index < -0.39 is 35.1 Å². The summed E-state index contributed by atoms with van der Waals surface area (Å²) in [5.41, 5.74) is 0.500. The number of amides is 1. The number of hydrogen-bond donors (Lipinski definition) is 2. The lowest BCUT2D eigenvalue weighted by Crippen LogP contribution is -2.23. The van der Waals surface area contributed by atoms with Crippen LogP contribution in [0.5, 0.6) is 0 Å². The Kier molecular flexibility index (Phi) is 6.34. The van der Waals surface area contributed by atoms with Crippen molar-refractivity contribution in [2.45, 2.75) is 25.6 Å². The molecule has 0 atom stereocenters. The number of aromatic nitrogens is 4. The highest BCUT2D eigenvalue weighted by molar-refractivity contribution is 6.06. The quantitative estimate of drug-likeness (QED) is 0.393. The van der Waals surface area contributed by atoms with Crippen LogP contribution < -0.4 is 5.32 Å². The van der Waals surface area contributed by atoms with Crippen LogP contribution in [0.1, 0.15) is 34.5 Å². The molecule has 2 N–H and O–H groups in total. The lowest BCUT2D eigenvalue weighted by Gasteiger charge is -2.15. The summed E-state index contributed by atoms with van der Waals surface area (Å²) in [6.07, 6.45) is 2.88. The minimum absolute atomic E-state index is 0.122. The first-order chi connectivity index (χ1) is 17.7. The second-order valence-electron chi connectivity index (χ2n) is 8.71. The van der Waals surface area contributed by atoms with Crippen LogP contribution in [0.3, 0.4) is 0 Å². The number of anilines is 1. The van der Waals surface area contributed by atoms with E-state index in [4.69, 9.17) is 0 Å². The molecule has 1 fully saturated rings. The van der Waals surface area contributed by atoms with Crippen molar-refractivity contribution in [1.82, 2.24) is 24.6 Å². The summed E-state index contributed by atoms with van der Waals surface area (Å²) < 4.78 is 40.7. The number of carboxylic acid groups (broad SMARTS) is 1. The molecule has 3 aromatic heterocycles. The van der Waals surface area contributed by atoms with Gasteiger partial charge in [0.15, 0.2) is 5.69 Å². The lowest BCUT2D eigenvalue weighted by atomic mass is 10.0. The van der Waals surface area contributed by atoms with Crippen LogP contribution in [0, 0.1) is 0 Å². The van der Waals surface area contributed by atoms with E-state index in [-0.39, 0.29) is 10.9 Å². The van der Waals surface area contributed by atoms with E-state index >= 15 is 0 Å². The van der Waals surface area contributed by atoms with E-state index in [0.29, 0.717) is 5.56 Å². The number of alkyl halides is 3. The molecule has 0 radical (unpaired) electrons. The molecule has 1 amide bonds. The molecule has 1 aliphatic rings. The third-order valence-corrected chi connectivity index (χ3v) is 6.18. The first-order valence-corrected chi connectivity index (χ1v) is 11.5. The Balaban J connectivity index is 1.49. The number of carbonyl (C=O) groups excluding carboxylic acids is 1. The van der Waals surface area contributed by atoms with Crippen LogP contribution in [0.2, 0.25) is 0 Å². The first-order valence-electron chi connectivity index (χ1n) is 11.5. The number of carboxylic acids is 1. The minimum Gasteiger partial charge on any atom is -0.476 e. The third kappa shape index (κ3) is 5.00. The second kappa shape index (κ2) is 9.62. The van der Waals surface area contributed by atoms with Crippen LogP contribution in [-0.2, 0) is 12.7 Å². The van der Waals surface area contributed by atoms with Crippen molar-refractivity contribution in [3.8, 4) is 11.1 Å². The summed E-state index contributed by atoms with van der Waals surface area (Å²) in [7, 11) is 0. The summed E-state index contributed by atoms with van der Waals surface area (Å²) >= 11 is 0. The van der Waals surface area contributed by atoms with Gasteiger partial charge in [-0.15, -0.1) is 0 Å². The van der Waals surface area contributed by atoms with Gasteiger partial charge in [0.25, 0.3) is 0 Å². The van der Waals surface area contributed by atoms with Gasteiger partial charge in [-0.3, -0.25) is 14.9 Å². The lowest BCUT2D eigenvalue weighted by molar-refractivity contribution is -0.137. The highest BCUT2D eigenvalue weighted by Crippen LogP contribution is 2.34. The summed E-state index contributed by atoms with van der Waals surface area (Å²) in [5, 5.41) is 15.9. The van der Waals surface area contributed by atoms with Gasteiger partial charge in [0.2, 0.25) is 0 Å². The van der Waals surface area contributed by atoms with Gasteiger partial charge < -0.3 is 10.4 Å². The van der Waals surface area contributed by atoms with Crippen molar-refractivity contribution in [2.24, 2.45) is 0 Å². The molecule has 5 rings (SSSR count). The van der Waals surface area contributed by atoms with E-state index in [2.05, 4.69) is 25.3 Å². The van der Waals surface area contributed by atoms with Crippen molar-refractivity contribution >= 4 is 28.6 Å². The fraction of sp³-hybridized carbons (Fsp3) is 0.240. The zero-order valence-corrected chi connectivity index (χ0v) is 19.4. The predicted octanol–water partition coefficient (Wildman–Crippen LogP) is 4.89. The van der Waals surface area contributed by atoms with Gasteiger partial charge in [-0.05, 0) is 61.3 Å². The predicted molar refractivity (Wildman–Crippen MR) is 128 cm³/mol. The minimum atomic E-state index is -4.73. The number of aromatic carboxylic acids is 1. The fourth-order valence-corrected chi connectivity index (χ4v) is 4.45. The SMILES string of the molecule is O=C(O)c1nn(C(=O)Nc2cnccc2C(F)(F)F)c2ccc(-c3cncc(CN4CCCC4)c3)cc12. The molecule has 9 nitrogen and oxygen atoms in total. The Morgan fingerprint density at radius 3 is 2.51 bits per heavy atom. The number of fused-ring (bicyclic) bond motifs is 1. The molecule has 0 spiro atoms. The number of pyridine rings is 2. The number of carbonyl (C=O) groups is 2. The van der Waals surface area contributed by atoms with Gasteiger partial charge in [0.05, 0.1) is 23.0 Å². The van der Waals surface area contributed by atoms with E-state index in [1.54, 1.807) is 24.5 Å². The molecule has 1 aromatic carbocycles. The number of hydrogen-bond acceptors (Lipinski definition) is 6. The molecule has 190 valence electrons. The van der Waals surface area contributed by atoms with Crippen LogP contribution in [-0.4, -0.2) is 54.8 Å². The number of likely N-dealkylation sites (tertiary alicyclic amines) is 1. The van der Waals surface area contributed by atoms with Crippen LogP contribution in [0.15, 0.2) is 55.1 Å². The van der Waals surface area contributed by atoms with Crippen LogP contribution >= 0.6 is 0 Å².